The maximum Gasteiger partial charge on any atom is 0.140 e. The number of hydrogen-bond acceptors (Lipinski definition) is 2. The summed E-state index contributed by atoms with van der Waals surface area (Å²) in [5.74, 6) is 0.996. The number of nitrogens with two attached hydrogens (primary N) is 1. The fourth-order valence-corrected chi connectivity index (χ4v) is 1.91. The normalized spacial score (nSPS) is 12.7. The van der Waals surface area contributed by atoms with Crippen molar-refractivity contribution in [1.82, 2.24) is 9.55 Å². The van der Waals surface area contributed by atoms with Gasteiger partial charge in [0.2, 0.25) is 0 Å². The summed E-state index contributed by atoms with van der Waals surface area (Å²) in [5, 5.41) is 0. The van der Waals surface area contributed by atoms with Crippen LogP contribution in [-0.2, 0) is 6.54 Å². The third-order valence-corrected chi connectivity index (χ3v) is 2.75. The Hall–Kier alpha value is -1.61. The van der Waals surface area contributed by atoms with E-state index >= 15 is 0 Å². The topological polar surface area (TPSA) is 43.8 Å². The standard InChI is InChI=1S/C13H17N3/c1-3-16-9-8-15-13(16)12-7-5-4-6-11(12)10(2)14/h4-10H,3,14H2,1-2H3. The molecule has 0 saturated carbocycles. The summed E-state index contributed by atoms with van der Waals surface area (Å²) in [6.45, 7) is 5.03. The molecular formula is C13H17N3. The van der Waals surface area contributed by atoms with Crippen LogP contribution in [0.1, 0.15) is 25.5 Å². The van der Waals surface area contributed by atoms with Crippen molar-refractivity contribution in [2.24, 2.45) is 5.73 Å². The molecule has 3 heteroatoms. The summed E-state index contributed by atoms with van der Waals surface area (Å²) in [5.41, 5.74) is 8.25. The lowest BCUT2D eigenvalue weighted by Gasteiger charge is -2.13. The van der Waals surface area contributed by atoms with Crippen molar-refractivity contribution in [3.63, 3.8) is 0 Å². The number of aromatic nitrogens is 2. The first kappa shape index (κ1) is 10.9. The molecule has 0 aliphatic carbocycles. The fourth-order valence-electron chi connectivity index (χ4n) is 1.91. The zero-order valence-electron chi connectivity index (χ0n) is 9.72. The Kier molecular flexibility index (Phi) is 3.06. The van der Waals surface area contributed by atoms with Gasteiger partial charge in [-0.3, -0.25) is 0 Å². The monoisotopic (exact) mass is 215 g/mol. The highest BCUT2D eigenvalue weighted by Crippen LogP contribution is 2.25. The predicted octanol–water partition coefficient (Wildman–Crippen LogP) is 2.59. The second kappa shape index (κ2) is 4.49. The van der Waals surface area contributed by atoms with Crippen LogP contribution in [0.15, 0.2) is 36.7 Å². The molecule has 0 fully saturated rings. The lowest BCUT2D eigenvalue weighted by Crippen LogP contribution is -2.08. The third kappa shape index (κ3) is 1.86. The molecule has 1 unspecified atom stereocenters. The van der Waals surface area contributed by atoms with E-state index in [0.717, 1.165) is 23.5 Å². The maximum atomic E-state index is 5.98. The second-order valence-corrected chi connectivity index (χ2v) is 3.91. The number of rotatable bonds is 3. The first-order valence-electron chi connectivity index (χ1n) is 5.60. The van der Waals surface area contributed by atoms with Gasteiger partial charge in [-0.2, -0.15) is 0 Å². The quantitative estimate of drug-likeness (QED) is 0.855. The van der Waals surface area contributed by atoms with Gasteiger partial charge < -0.3 is 10.3 Å². The number of benzene rings is 1. The van der Waals surface area contributed by atoms with Crippen molar-refractivity contribution in [3.8, 4) is 11.4 Å². The van der Waals surface area contributed by atoms with Crippen molar-refractivity contribution in [2.75, 3.05) is 0 Å². The highest BCUT2D eigenvalue weighted by molar-refractivity contribution is 5.61. The molecule has 2 aromatic rings. The van der Waals surface area contributed by atoms with Crippen LogP contribution in [0.5, 0.6) is 0 Å². The fraction of sp³-hybridized carbons (Fsp3) is 0.308. The summed E-state index contributed by atoms with van der Waals surface area (Å²) in [4.78, 5) is 4.41. The van der Waals surface area contributed by atoms with Gasteiger partial charge in [-0.25, -0.2) is 4.98 Å². The summed E-state index contributed by atoms with van der Waals surface area (Å²) in [6, 6.07) is 8.21. The molecule has 2 rings (SSSR count). The number of hydrogen-bond donors (Lipinski definition) is 1. The molecule has 1 atom stereocenters. The minimum Gasteiger partial charge on any atom is -0.331 e. The van der Waals surface area contributed by atoms with Gasteiger partial charge in [-0.1, -0.05) is 24.3 Å². The van der Waals surface area contributed by atoms with E-state index in [1.165, 1.54) is 0 Å². The molecule has 0 radical (unpaired) electrons. The van der Waals surface area contributed by atoms with E-state index in [1.54, 1.807) is 0 Å². The van der Waals surface area contributed by atoms with Crippen LogP contribution in [0, 0.1) is 0 Å². The minimum atomic E-state index is 0.0261. The van der Waals surface area contributed by atoms with Crippen LogP contribution < -0.4 is 5.73 Å². The molecule has 2 N–H and O–H groups in total. The van der Waals surface area contributed by atoms with Crippen LogP contribution in [0.3, 0.4) is 0 Å². The Balaban J connectivity index is 2.55. The third-order valence-electron chi connectivity index (χ3n) is 2.75. The van der Waals surface area contributed by atoms with E-state index in [-0.39, 0.29) is 6.04 Å². The maximum absolute atomic E-state index is 5.98. The Morgan fingerprint density at radius 2 is 2.12 bits per heavy atom. The van der Waals surface area contributed by atoms with E-state index < -0.39 is 0 Å². The van der Waals surface area contributed by atoms with Gasteiger partial charge in [-0.15, -0.1) is 0 Å². The molecule has 1 aromatic heterocycles. The first-order valence-corrected chi connectivity index (χ1v) is 5.60. The van der Waals surface area contributed by atoms with Gasteiger partial charge in [0.25, 0.3) is 0 Å². The van der Waals surface area contributed by atoms with Gasteiger partial charge >= 0.3 is 0 Å². The summed E-state index contributed by atoms with van der Waals surface area (Å²) < 4.78 is 2.13. The van der Waals surface area contributed by atoms with Gasteiger partial charge in [0, 0.05) is 30.5 Å². The van der Waals surface area contributed by atoms with Crippen molar-refractivity contribution >= 4 is 0 Å². The van der Waals surface area contributed by atoms with Gasteiger partial charge in [0.1, 0.15) is 5.82 Å². The minimum absolute atomic E-state index is 0.0261. The Morgan fingerprint density at radius 3 is 2.81 bits per heavy atom. The molecule has 84 valence electrons. The van der Waals surface area contributed by atoms with Gasteiger partial charge in [0.05, 0.1) is 0 Å². The lowest BCUT2D eigenvalue weighted by atomic mass is 10.0. The molecule has 0 aliphatic heterocycles. The van der Waals surface area contributed by atoms with Crippen LogP contribution in [0.4, 0.5) is 0 Å². The molecular weight excluding hydrogens is 198 g/mol. The average Bonchev–Trinajstić information content (AvgIpc) is 2.76. The van der Waals surface area contributed by atoms with Crippen LogP contribution in [-0.4, -0.2) is 9.55 Å². The Bertz CT molecular complexity index is 472. The Labute approximate surface area is 95.9 Å². The molecule has 1 heterocycles. The van der Waals surface area contributed by atoms with E-state index in [2.05, 4.69) is 28.6 Å². The largest absolute Gasteiger partial charge is 0.331 e. The molecule has 0 saturated heterocycles. The molecule has 0 amide bonds. The van der Waals surface area contributed by atoms with Gasteiger partial charge in [-0.05, 0) is 19.4 Å². The van der Waals surface area contributed by atoms with Crippen molar-refractivity contribution in [1.29, 1.82) is 0 Å². The second-order valence-electron chi connectivity index (χ2n) is 3.91. The molecule has 3 nitrogen and oxygen atoms in total. The molecule has 0 aliphatic rings. The van der Waals surface area contributed by atoms with Crippen molar-refractivity contribution in [2.45, 2.75) is 26.4 Å². The summed E-state index contributed by atoms with van der Waals surface area (Å²) in [7, 11) is 0. The number of nitrogens with zero attached hydrogens (tertiary/aromatic N) is 2. The van der Waals surface area contributed by atoms with Crippen LogP contribution in [0.25, 0.3) is 11.4 Å². The SMILES string of the molecule is CCn1ccnc1-c1ccccc1C(C)N. The molecule has 0 bridgehead atoms. The molecule has 0 spiro atoms. The average molecular weight is 215 g/mol. The van der Waals surface area contributed by atoms with E-state index in [1.807, 2.05) is 31.5 Å². The summed E-state index contributed by atoms with van der Waals surface area (Å²) in [6.07, 6.45) is 3.82. The predicted molar refractivity (Wildman–Crippen MR) is 65.9 cm³/mol. The van der Waals surface area contributed by atoms with Crippen molar-refractivity contribution < 1.29 is 0 Å². The highest BCUT2D eigenvalue weighted by Gasteiger charge is 2.11. The van der Waals surface area contributed by atoms with Crippen LogP contribution in [0.2, 0.25) is 0 Å². The zero-order valence-corrected chi connectivity index (χ0v) is 9.72. The molecule has 1 aromatic carbocycles. The molecule has 16 heavy (non-hydrogen) atoms. The Morgan fingerprint density at radius 1 is 1.38 bits per heavy atom. The lowest BCUT2D eigenvalue weighted by molar-refractivity contribution is 0.763. The van der Waals surface area contributed by atoms with Gasteiger partial charge in [0.15, 0.2) is 0 Å². The zero-order chi connectivity index (χ0) is 11.5. The van der Waals surface area contributed by atoms with E-state index in [0.29, 0.717) is 0 Å². The number of imidazole rings is 1. The summed E-state index contributed by atoms with van der Waals surface area (Å²) >= 11 is 0. The van der Waals surface area contributed by atoms with E-state index in [4.69, 9.17) is 5.73 Å². The van der Waals surface area contributed by atoms with Crippen molar-refractivity contribution in [3.05, 3.63) is 42.2 Å². The van der Waals surface area contributed by atoms with E-state index in [9.17, 15) is 0 Å². The smallest absolute Gasteiger partial charge is 0.140 e. The van der Waals surface area contributed by atoms with Crippen LogP contribution >= 0.6 is 0 Å². The highest BCUT2D eigenvalue weighted by atomic mass is 15.1. The first-order chi connectivity index (χ1) is 7.74. The number of aryl methyl sites for hydroxylation is 1.